The second kappa shape index (κ2) is 12.8. The summed E-state index contributed by atoms with van der Waals surface area (Å²) in [5, 5.41) is 18.1. The number of aromatic nitrogens is 2. The first-order valence-electron chi connectivity index (χ1n) is 11.6. The molecule has 0 aliphatic carbocycles. The summed E-state index contributed by atoms with van der Waals surface area (Å²) in [6.45, 7) is 2.18. The fourth-order valence-electron chi connectivity index (χ4n) is 3.51. The number of hydrogen-bond donors (Lipinski definition) is 4. The number of carbonyl (C=O) groups is 2. The second-order valence-electron chi connectivity index (χ2n) is 8.33. The number of likely N-dealkylation sites (N-methyl/N-ethyl adjacent to an activating group) is 1. The van der Waals surface area contributed by atoms with Crippen molar-refractivity contribution in [1.82, 2.24) is 25.1 Å². The largest absolute Gasteiger partial charge is 0.360 e. The molecule has 4 N–H and O–H groups in total. The fourth-order valence-corrected chi connectivity index (χ4v) is 4.58. The van der Waals surface area contributed by atoms with Crippen molar-refractivity contribution in [2.45, 2.75) is 19.9 Å². The number of nitrogens with one attached hydrogen (secondary N) is 4. The first-order chi connectivity index (χ1) is 18.2. The molecule has 0 spiro atoms. The van der Waals surface area contributed by atoms with Gasteiger partial charge in [0.1, 0.15) is 15.3 Å². The van der Waals surface area contributed by atoms with E-state index in [1.807, 2.05) is 24.3 Å². The minimum Gasteiger partial charge on any atom is -0.360 e. The van der Waals surface area contributed by atoms with Gasteiger partial charge in [-0.25, -0.2) is 8.78 Å². The summed E-state index contributed by atoms with van der Waals surface area (Å²) in [7, 11) is 3.85. The maximum Gasteiger partial charge on any atom is 0.277 e. The third-order valence-corrected chi connectivity index (χ3v) is 6.50. The van der Waals surface area contributed by atoms with Crippen LogP contribution in [0.2, 0.25) is 0 Å². The van der Waals surface area contributed by atoms with Gasteiger partial charge in [0.05, 0.1) is 12.1 Å². The molecule has 13 heteroatoms. The molecule has 0 radical (unpaired) electrons. The Hall–Kier alpha value is -4.24. The number of hydrogen-bond acceptors (Lipinski definition) is 7. The molecule has 0 saturated heterocycles. The number of nitriles is 1. The summed E-state index contributed by atoms with van der Waals surface area (Å²) >= 11 is 0.865. The Bertz CT molecular complexity index is 1590. The van der Waals surface area contributed by atoms with Gasteiger partial charge in [-0.15, -0.1) is 11.3 Å². The third-order valence-electron chi connectivity index (χ3n) is 5.38. The quantitative estimate of drug-likeness (QED) is 0.298. The van der Waals surface area contributed by atoms with Crippen LogP contribution in [0.3, 0.4) is 0 Å². The number of carbonyl (C=O) groups excluding carboxylic acids is 2. The number of amides is 2. The number of benzene rings is 1. The molecule has 0 aliphatic heterocycles. The van der Waals surface area contributed by atoms with E-state index in [0.29, 0.717) is 17.8 Å². The molecule has 0 atom stereocenters. The molecule has 0 unspecified atom stereocenters. The topological polar surface area (TPSA) is 135 Å². The molecule has 1 aromatic carbocycles. The number of fused-ring (bicyclic) bond motifs is 1. The zero-order valence-electron chi connectivity index (χ0n) is 21.0. The van der Waals surface area contributed by atoms with Gasteiger partial charge in [0, 0.05) is 48.6 Å². The molecule has 38 heavy (non-hydrogen) atoms. The van der Waals surface area contributed by atoms with Crippen molar-refractivity contribution < 1.29 is 18.4 Å². The highest BCUT2D eigenvalue weighted by Gasteiger charge is 2.16. The Morgan fingerprint density at radius 2 is 2.05 bits per heavy atom. The molecule has 2 aromatic heterocycles. The number of halogens is 2. The Kier molecular flexibility index (Phi) is 9.56. The maximum absolute atomic E-state index is 12.8. The number of thiazole rings is 1. The minimum absolute atomic E-state index is 0.0619. The first-order valence-corrected chi connectivity index (χ1v) is 12.4. The van der Waals surface area contributed by atoms with Crippen molar-refractivity contribution in [2.75, 3.05) is 39.0 Å². The number of nitrogens with zero attached hydrogens (tertiary/aromatic N) is 3. The molecule has 0 saturated carbocycles. The maximum atomic E-state index is 12.8. The number of H-pyrrole nitrogens is 1. The van der Waals surface area contributed by atoms with Crippen LogP contribution in [-0.2, 0) is 11.3 Å². The molecule has 200 valence electrons. The first kappa shape index (κ1) is 28.3. The standard InChI is InChI=1S/C25H27F2N7O3S/c1-4-34-24(37)20(38-25(34)17(12-28)22(35)32-14-21(26)27)7-8-29-15-5-6-16-18(13-31-19(16)11-15)23(36)30-9-10-33(2)3/h5-6,8,11,13,21,29,31H,4,9-10,14H2,1-3H3,(H,30,36)(H,32,35)/b25-17-. The van der Waals surface area contributed by atoms with Crippen LogP contribution in [0.25, 0.3) is 22.2 Å². The zero-order chi connectivity index (χ0) is 27.8. The van der Waals surface area contributed by atoms with Crippen molar-refractivity contribution in [3.05, 3.63) is 55.7 Å². The lowest BCUT2D eigenvalue weighted by atomic mass is 10.1. The smallest absolute Gasteiger partial charge is 0.277 e. The summed E-state index contributed by atoms with van der Waals surface area (Å²) in [6, 6.07) is 7.06. The monoisotopic (exact) mass is 543 g/mol. The van der Waals surface area contributed by atoms with E-state index in [0.717, 1.165) is 28.8 Å². The number of aromatic amines is 1. The van der Waals surface area contributed by atoms with Gasteiger partial charge in [-0.2, -0.15) is 5.26 Å². The van der Waals surface area contributed by atoms with Gasteiger partial charge in [0.2, 0.25) is 0 Å². The minimum atomic E-state index is -2.77. The van der Waals surface area contributed by atoms with Gasteiger partial charge in [-0.3, -0.25) is 19.0 Å². The van der Waals surface area contributed by atoms with E-state index in [2.05, 4.69) is 21.3 Å². The molecular weight excluding hydrogens is 516 g/mol. The summed E-state index contributed by atoms with van der Waals surface area (Å²) in [5.41, 5.74) is 3.86. The Morgan fingerprint density at radius 1 is 1.29 bits per heavy atom. The molecule has 3 rings (SSSR count). The lowest BCUT2D eigenvalue weighted by Crippen LogP contribution is -2.35. The zero-order valence-corrected chi connectivity index (χ0v) is 21.8. The summed E-state index contributed by atoms with van der Waals surface area (Å²) in [6.07, 6.45) is 0.289. The summed E-state index contributed by atoms with van der Waals surface area (Å²) < 4.78 is 26.3. The number of anilines is 1. The van der Waals surface area contributed by atoms with E-state index in [1.165, 1.54) is 10.8 Å². The highest BCUT2D eigenvalue weighted by Crippen LogP contribution is 2.22. The van der Waals surface area contributed by atoms with Gasteiger partial charge in [0.25, 0.3) is 23.8 Å². The van der Waals surface area contributed by atoms with Crippen LogP contribution in [-0.4, -0.2) is 66.4 Å². The lowest BCUT2D eigenvalue weighted by molar-refractivity contribution is -0.116. The van der Waals surface area contributed by atoms with Gasteiger partial charge in [-0.05, 0) is 39.2 Å². The van der Waals surface area contributed by atoms with Gasteiger partial charge in [0.15, 0.2) is 5.57 Å². The van der Waals surface area contributed by atoms with Crippen LogP contribution in [0.5, 0.6) is 0 Å². The van der Waals surface area contributed by atoms with Gasteiger partial charge < -0.3 is 25.8 Å². The highest BCUT2D eigenvalue weighted by atomic mass is 32.1. The number of rotatable bonds is 10. The average Bonchev–Trinajstić information content (AvgIpc) is 3.43. The Balaban J connectivity index is 1.87. The molecule has 0 fully saturated rings. The SMILES string of the molecule is CCn1c(=O)c(=C=CNc2ccc3c(C(=O)NCCN(C)C)c[nH]c3c2)s/c1=C(/C#N)C(=O)NCC(F)F. The van der Waals surface area contributed by atoms with Gasteiger partial charge in [-0.1, -0.05) is 5.73 Å². The molecule has 2 amide bonds. The van der Waals surface area contributed by atoms with Crippen molar-refractivity contribution in [1.29, 1.82) is 5.26 Å². The molecule has 10 nitrogen and oxygen atoms in total. The van der Waals surface area contributed by atoms with E-state index >= 15 is 0 Å². The Labute approximate surface area is 220 Å². The van der Waals surface area contributed by atoms with Crippen LogP contribution in [0.4, 0.5) is 14.5 Å². The van der Waals surface area contributed by atoms with Crippen molar-refractivity contribution in [3.63, 3.8) is 0 Å². The highest BCUT2D eigenvalue weighted by molar-refractivity contribution is 7.07. The lowest BCUT2D eigenvalue weighted by Gasteiger charge is -2.10. The van der Waals surface area contributed by atoms with Crippen molar-refractivity contribution >= 4 is 51.0 Å². The molecule has 2 heterocycles. The fraction of sp³-hybridized carbons (Fsp3) is 0.320. The van der Waals surface area contributed by atoms with E-state index in [1.54, 1.807) is 37.4 Å². The van der Waals surface area contributed by atoms with Crippen LogP contribution >= 0.6 is 11.3 Å². The third kappa shape index (κ3) is 6.74. The second-order valence-corrected chi connectivity index (χ2v) is 9.33. The molecule has 3 aromatic rings. The van der Waals surface area contributed by atoms with Crippen LogP contribution in [0.15, 0.2) is 35.4 Å². The van der Waals surface area contributed by atoms with Crippen LogP contribution in [0, 0.1) is 11.3 Å². The predicted molar refractivity (Wildman–Crippen MR) is 142 cm³/mol. The molecule has 0 bridgehead atoms. The molecular formula is C25H27F2N7O3S. The van der Waals surface area contributed by atoms with E-state index in [-0.39, 0.29) is 21.6 Å². The van der Waals surface area contributed by atoms with E-state index in [9.17, 15) is 28.4 Å². The average molecular weight is 544 g/mol. The van der Waals surface area contributed by atoms with E-state index in [4.69, 9.17) is 0 Å². The number of alkyl halides is 2. The van der Waals surface area contributed by atoms with Crippen molar-refractivity contribution in [3.8, 4) is 6.07 Å². The summed E-state index contributed by atoms with van der Waals surface area (Å²) in [5.74, 6) is -1.15. The van der Waals surface area contributed by atoms with Gasteiger partial charge >= 0.3 is 0 Å². The van der Waals surface area contributed by atoms with Crippen LogP contribution in [0.1, 0.15) is 17.3 Å². The van der Waals surface area contributed by atoms with Crippen molar-refractivity contribution in [2.24, 2.45) is 0 Å². The Morgan fingerprint density at radius 3 is 2.71 bits per heavy atom. The molecule has 0 aliphatic rings. The normalized spacial score (nSPS) is 11.7. The van der Waals surface area contributed by atoms with Crippen LogP contribution < -0.4 is 30.7 Å². The van der Waals surface area contributed by atoms with E-state index < -0.39 is 30.0 Å². The summed E-state index contributed by atoms with van der Waals surface area (Å²) in [4.78, 5) is 42.5. The predicted octanol–water partition coefficient (Wildman–Crippen LogP) is 0.763.